The van der Waals surface area contributed by atoms with Crippen LogP contribution in [-0.2, 0) is 0 Å². The Balaban J connectivity index is 1.82. The van der Waals surface area contributed by atoms with Crippen LogP contribution in [-0.4, -0.2) is 44.1 Å². The normalized spacial score (nSPS) is 11.0. The van der Waals surface area contributed by atoms with Crippen molar-refractivity contribution in [1.82, 2.24) is 24.7 Å². The Morgan fingerprint density at radius 3 is 2.76 bits per heavy atom. The van der Waals surface area contributed by atoms with Crippen LogP contribution in [0.15, 0.2) is 42.9 Å². The number of H-pyrrole nitrogens is 1. The van der Waals surface area contributed by atoms with Crippen molar-refractivity contribution in [3.8, 4) is 34.6 Å². The number of methoxy groups -OCH3 is 2. The highest BCUT2D eigenvalue weighted by molar-refractivity contribution is 5.87. The van der Waals surface area contributed by atoms with Crippen LogP contribution in [0.25, 0.3) is 28.0 Å². The Morgan fingerprint density at radius 1 is 1.16 bits per heavy atom. The number of pyridine rings is 2. The van der Waals surface area contributed by atoms with Crippen molar-refractivity contribution in [2.75, 3.05) is 14.2 Å². The molecule has 4 heterocycles. The number of aromatic amines is 1. The molecule has 0 aliphatic rings. The third-order valence-corrected chi connectivity index (χ3v) is 3.92. The van der Waals surface area contributed by atoms with E-state index in [-0.39, 0.29) is 5.88 Å². The fraction of sp³-hybridized carbons (Fsp3) is 0.118. The zero-order valence-electron chi connectivity index (χ0n) is 13.6. The minimum atomic E-state index is 0.101. The first-order valence-corrected chi connectivity index (χ1v) is 7.50. The quantitative estimate of drug-likeness (QED) is 0.594. The Morgan fingerprint density at radius 2 is 2.04 bits per heavy atom. The van der Waals surface area contributed by atoms with Gasteiger partial charge < -0.3 is 14.6 Å². The molecule has 8 heteroatoms. The summed E-state index contributed by atoms with van der Waals surface area (Å²) in [6.07, 6.45) is 5.03. The van der Waals surface area contributed by atoms with Crippen LogP contribution in [0.1, 0.15) is 0 Å². The molecule has 0 unspecified atom stereocenters. The van der Waals surface area contributed by atoms with Crippen LogP contribution in [0.2, 0.25) is 0 Å². The van der Waals surface area contributed by atoms with Crippen molar-refractivity contribution in [2.45, 2.75) is 0 Å². The Hall–Kier alpha value is -3.55. The molecule has 0 aromatic carbocycles. The van der Waals surface area contributed by atoms with E-state index in [1.807, 2.05) is 18.2 Å². The van der Waals surface area contributed by atoms with Gasteiger partial charge in [-0.1, -0.05) is 0 Å². The highest BCUT2D eigenvalue weighted by Gasteiger charge is 2.14. The van der Waals surface area contributed by atoms with E-state index in [1.165, 1.54) is 7.11 Å². The maximum absolute atomic E-state index is 10.4. The molecule has 0 bridgehead atoms. The minimum absolute atomic E-state index is 0.101. The molecule has 0 aliphatic carbocycles. The molecule has 0 saturated heterocycles. The lowest BCUT2D eigenvalue weighted by Crippen LogP contribution is -1.94. The second-order valence-electron chi connectivity index (χ2n) is 5.33. The summed E-state index contributed by atoms with van der Waals surface area (Å²) in [7, 11) is 3.10. The van der Waals surface area contributed by atoms with Gasteiger partial charge in [0.05, 0.1) is 37.0 Å². The summed E-state index contributed by atoms with van der Waals surface area (Å²) in [6, 6.07) is 7.21. The number of nitrogens with one attached hydrogen (secondary N) is 1. The molecule has 0 spiro atoms. The highest BCUT2D eigenvalue weighted by Crippen LogP contribution is 2.33. The number of rotatable bonds is 4. The van der Waals surface area contributed by atoms with E-state index >= 15 is 0 Å². The van der Waals surface area contributed by atoms with Gasteiger partial charge >= 0.3 is 0 Å². The standard InChI is InChI=1S/C17H15N5O3/c1-24-14-7-10(8-18-16(14)25-2)12-4-3-11-13(20-12)9-22(17(11)23)15-5-6-19-21-15/h3-9,23H,1-2H3,(H,19,21). The van der Waals surface area contributed by atoms with Gasteiger partial charge in [0.1, 0.15) is 5.82 Å². The van der Waals surface area contributed by atoms with E-state index in [9.17, 15) is 5.11 Å². The van der Waals surface area contributed by atoms with Crippen LogP contribution in [0.3, 0.4) is 0 Å². The van der Waals surface area contributed by atoms with Gasteiger partial charge in [0.2, 0.25) is 5.88 Å². The van der Waals surface area contributed by atoms with Crippen LogP contribution >= 0.6 is 0 Å². The number of aromatic hydroxyl groups is 1. The first kappa shape index (κ1) is 15.0. The third-order valence-electron chi connectivity index (χ3n) is 3.92. The molecule has 0 amide bonds. The SMILES string of the molecule is COc1cc(-c2ccc3c(O)n(-c4ccn[nH]4)cc3n2)cnc1OC. The molecule has 0 radical (unpaired) electrons. The Labute approximate surface area is 142 Å². The fourth-order valence-electron chi connectivity index (χ4n) is 2.67. The van der Waals surface area contributed by atoms with Crippen molar-refractivity contribution in [3.63, 3.8) is 0 Å². The summed E-state index contributed by atoms with van der Waals surface area (Å²) < 4.78 is 12.0. The van der Waals surface area contributed by atoms with Gasteiger partial charge in [-0.05, 0) is 18.2 Å². The maximum Gasteiger partial charge on any atom is 0.256 e. The van der Waals surface area contributed by atoms with Crippen molar-refractivity contribution in [3.05, 3.63) is 42.9 Å². The fourth-order valence-corrected chi connectivity index (χ4v) is 2.67. The topological polar surface area (TPSA) is 98.1 Å². The molecule has 8 nitrogen and oxygen atoms in total. The summed E-state index contributed by atoms with van der Waals surface area (Å²) in [5, 5.41) is 17.8. The molecule has 0 saturated carbocycles. The number of hydrogen-bond acceptors (Lipinski definition) is 6. The second-order valence-corrected chi connectivity index (χ2v) is 5.33. The molecule has 25 heavy (non-hydrogen) atoms. The maximum atomic E-state index is 10.4. The predicted octanol–water partition coefficient (Wildman–Crippen LogP) is 2.53. The molecule has 0 atom stereocenters. The first-order valence-electron chi connectivity index (χ1n) is 7.50. The summed E-state index contributed by atoms with van der Waals surface area (Å²) in [4.78, 5) is 8.85. The number of aromatic nitrogens is 5. The lowest BCUT2D eigenvalue weighted by Gasteiger charge is -2.08. The van der Waals surface area contributed by atoms with Gasteiger partial charge in [0.15, 0.2) is 5.75 Å². The van der Waals surface area contributed by atoms with Crippen LogP contribution in [0, 0.1) is 0 Å². The lowest BCUT2D eigenvalue weighted by atomic mass is 10.1. The highest BCUT2D eigenvalue weighted by atomic mass is 16.5. The van der Waals surface area contributed by atoms with E-state index in [0.717, 1.165) is 5.56 Å². The van der Waals surface area contributed by atoms with Gasteiger partial charge in [-0.15, -0.1) is 0 Å². The summed E-state index contributed by atoms with van der Waals surface area (Å²) in [5.74, 6) is 1.70. The van der Waals surface area contributed by atoms with Crippen molar-refractivity contribution in [2.24, 2.45) is 0 Å². The van der Waals surface area contributed by atoms with Gasteiger partial charge in [-0.2, -0.15) is 5.10 Å². The van der Waals surface area contributed by atoms with E-state index in [4.69, 9.17) is 9.47 Å². The Kier molecular flexibility index (Phi) is 3.50. The van der Waals surface area contributed by atoms with Gasteiger partial charge in [0.25, 0.3) is 5.88 Å². The summed E-state index contributed by atoms with van der Waals surface area (Å²) >= 11 is 0. The largest absolute Gasteiger partial charge is 0.494 e. The molecule has 4 rings (SSSR count). The van der Waals surface area contributed by atoms with Crippen LogP contribution in [0.4, 0.5) is 0 Å². The van der Waals surface area contributed by atoms with Crippen LogP contribution < -0.4 is 9.47 Å². The number of hydrogen-bond donors (Lipinski definition) is 2. The van der Waals surface area contributed by atoms with Crippen molar-refractivity contribution in [1.29, 1.82) is 0 Å². The van der Waals surface area contributed by atoms with E-state index in [1.54, 1.807) is 36.3 Å². The zero-order chi connectivity index (χ0) is 17.4. The average molecular weight is 337 g/mol. The van der Waals surface area contributed by atoms with Crippen molar-refractivity contribution >= 4 is 10.9 Å². The number of fused-ring (bicyclic) bond motifs is 1. The number of ether oxygens (including phenoxy) is 2. The molecule has 126 valence electrons. The van der Waals surface area contributed by atoms with E-state index in [0.29, 0.717) is 34.0 Å². The molecule has 4 aromatic heterocycles. The van der Waals surface area contributed by atoms with Gasteiger partial charge in [0, 0.05) is 24.0 Å². The molecule has 4 aromatic rings. The van der Waals surface area contributed by atoms with E-state index in [2.05, 4.69) is 20.2 Å². The van der Waals surface area contributed by atoms with Gasteiger partial charge in [-0.3, -0.25) is 9.67 Å². The summed E-state index contributed by atoms with van der Waals surface area (Å²) in [6.45, 7) is 0. The smallest absolute Gasteiger partial charge is 0.256 e. The van der Waals surface area contributed by atoms with Gasteiger partial charge in [-0.25, -0.2) is 9.97 Å². The third kappa shape index (κ3) is 2.44. The molecular weight excluding hydrogens is 322 g/mol. The van der Waals surface area contributed by atoms with Crippen molar-refractivity contribution < 1.29 is 14.6 Å². The number of nitrogens with zero attached hydrogens (tertiary/aromatic N) is 4. The zero-order valence-corrected chi connectivity index (χ0v) is 13.6. The average Bonchev–Trinajstić information content (AvgIpc) is 3.29. The van der Waals surface area contributed by atoms with E-state index < -0.39 is 0 Å². The molecular formula is C17H15N5O3. The minimum Gasteiger partial charge on any atom is -0.494 e. The first-order chi connectivity index (χ1) is 12.2. The molecule has 0 fully saturated rings. The molecule has 0 aliphatic heterocycles. The predicted molar refractivity (Wildman–Crippen MR) is 91.2 cm³/mol. The second kappa shape index (κ2) is 5.82. The van der Waals surface area contributed by atoms with Crippen LogP contribution in [0.5, 0.6) is 17.5 Å². The Bertz CT molecular complexity index is 1040. The lowest BCUT2D eigenvalue weighted by molar-refractivity contribution is 0.343. The summed E-state index contributed by atoms with van der Waals surface area (Å²) in [5.41, 5.74) is 2.15. The molecule has 2 N–H and O–H groups in total. The monoisotopic (exact) mass is 337 g/mol.